The number of fused-ring (bicyclic) bond motifs is 1. The van der Waals surface area contributed by atoms with Crippen molar-refractivity contribution in [2.45, 2.75) is 6.42 Å². The zero-order valence-corrected chi connectivity index (χ0v) is 14.3. The quantitative estimate of drug-likeness (QED) is 0.527. The molecule has 122 valence electrons. The Bertz CT molecular complexity index is 1090. The fourth-order valence-electron chi connectivity index (χ4n) is 3.12. The molecule has 0 unspecified atom stereocenters. The molecule has 3 aromatic carbocycles. The van der Waals surface area contributed by atoms with E-state index in [0.29, 0.717) is 16.8 Å². The maximum absolute atomic E-state index is 13.2. The lowest BCUT2D eigenvalue weighted by Crippen LogP contribution is -2.13. The summed E-state index contributed by atoms with van der Waals surface area (Å²) in [4.78, 5) is 16.6. The summed E-state index contributed by atoms with van der Waals surface area (Å²) in [5.74, 6) is 0. The summed E-state index contributed by atoms with van der Waals surface area (Å²) in [6, 6.07) is 25.3. The van der Waals surface area contributed by atoms with Crippen LogP contribution in [0.2, 0.25) is 5.02 Å². The second-order valence-electron chi connectivity index (χ2n) is 6.03. The van der Waals surface area contributed by atoms with E-state index in [9.17, 15) is 4.79 Å². The summed E-state index contributed by atoms with van der Waals surface area (Å²) in [7, 11) is 0. The molecule has 0 saturated heterocycles. The number of aromatic amines is 1. The monoisotopic (exact) mass is 345 g/mol. The van der Waals surface area contributed by atoms with E-state index in [4.69, 9.17) is 11.6 Å². The maximum Gasteiger partial charge on any atom is 0.193 e. The van der Waals surface area contributed by atoms with Crippen LogP contribution in [0.1, 0.15) is 11.1 Å². The molecule has 0 radical (unpaired) electrons. The number of pyridine rings is 1. The highest BCUT2D eigenvalue weighted by Gasteiger charge is 2.14. The van der Waals surface area contributed by atoms with Gasteiger partial charge in [-0.2, -0.15) is 0 Å². The largest absolute Gasteiger partial charge is 0.354 e. The van der Waals surface area contributed by atoms with E-state index >= 15 is 0 Å². The fraction of sp³-hybridized carbons (Fsp3) is 0.0455. The van der Waals surface area contributed by atoms with Crippen molar-refractivity contribution in [2.75, 3.05) is 0 Å². The van der Waals surface area contributed by atoms with Crippen LogP contribution in [-0.2, 0) is 6.42 Å². The highest BCUT2D eigenvalue weighted by Crippen LogP contribution is 2.25. The summed E-state index contributed by atoms with van der Waals surface area (Å²) in [5, 5.41) is 1.27. The highest BCUT2D eigenvalue weighted by molar-refractivity contribution is 6.31. The summed E-state index contributed by atoms with van der Waals surface area (Å²) in [6.07, 6.45) is 0.582. The molecule has 0 bridgehead atoms. The molecule has 4 aromatic rings. The van der Waals surface area contributed by atoms with Gasteiger partial charge in [0.1, 0.15) is 0 Å². The lowest BCUT2D eigenvalue weighted by atomic mass is 9.97. The average Bonchev–Trinajstić information content (AvgIpc) is 2.65. The van der Waals surface area contributed by atoms with Crippen LogP contribution in [0.3, 0.4) is 0 Å². The van der Waals surface area contributed by atoms with Crippen molar-refractivity contribution in [3.05, 3.63) is 105 Å². The van der Waals surface area contributed by atoms with Crippen molar-refractivity contribution in [3.8, 4) is 11.3 Å². The van der Waals surface area contributed by atoms with Crippen molar-refractivity contribution in [2.24, 2.45) is 0 Å². The molecule has 0 spiro atoms. The number of hydrogen-bond donors (Lipinski definition) is 1. The number of hydrogen-bond acceptors (Lipinski definition) is 1. The van der Waals surface area contributed by atoms with Gasteiger partial charge in [0.2, 0.25) is 0 Å². The molecule has 0 saturated carbocycles. The first-order valence-electron chi connectivity index (χ1n) is 8.16. The van der Waals surface area contributed by atoms with E-state index in [-0.39, 0.29) is 5.43 Å². The first-order valence-corrected chi connectivity index (χ1v) is 8.54. The molecule has 4 rings (SSSR count). The van der Waals surface area contributed by atoms with E-state index < -0.39 is 0 Å². The Morgan fingerprint density at radius 3 is 2.24 bits per heavy atom. The summed E-state index contributed by atoms with van der Waals surface area (Å²) in [6.45, 7) is 0. The minimum absolute atomic E-state index is 0.0492. The van der Waals surface area contributed by atoms with Crippen molar-refractivity contribution in [1.29, 1.82) is 0 Å². The average molecular weight is 346 g/mol. The second kappa shape index (κ2) is 6.58. The number of rotatable bonds is 3. The minimum Gasteiger partial charge on any atom is -0.354 e. The number of aromatic nitrogens is 1. The van der Waals surface area contributed by atoms with Gasteiger partial charge in [-0.3, -0.25) is 4.79 Å². The molecule has 3 heteroatoms. The van der Waals surface area contributed by atoms with Crippen LogP contribution < -0.4 is 5.43 Å². The smallest absolute Gasteiger partial charge is 0.193 e. The highest BCUT2D eigenvalue weighted by atomic mass is 35.5. The molecule has 2 nitrogen and oxygen atoms in total. The van der Waals surface area contributed by atoms with Crippen LogP contribution in [-0.4, -0.2) is 4.98 Å². The van der Waals surface area contributed by atoms with Crippen LogP contribution >= 0.6 is 11.6 Å². The third-order valence-electron chi connectivity index (χ3n) is 4.35. The van der Waals surface area contributed by atoms with Crippen LogP contribution in [0.15, 0.2) is 83.7 Å². The first kappa shape index (κ1) is 15.7. The topological polar surface area (TPSA) is 32.9 Å². The molecule has 0 fully saturated rings. The Morgan fingerprint density at radius 2 is 1.52 bits per heavy atom. The zero-order chi connectivity index (χ0) is 17.2. The van der Waals surface area contributed by atoms with Crippen LogP contribution in [0, 0.1) is 0 Å². The SMILES string of the molecule is O=c1c(Cc2ccccc2)c(-c2ccccc2)[nH]c2cc(Cl)ccc12. The van der Waals surface area contributed by atoms with Gasteiger partial charge in [0, 0.05) is 22.4 Å². The van der Waals surface area contributed by atoms with Crippen molar-refractivity contribution >= 4 is 22.5 Å². The second-order valence-corrected chi connectivity index (χ2v) is 6.46. The summed E-state index contributed by atoms with van der Waals surface area (Å²) >= 11 is 6.12. The fourth-order valence-corrected chi connectivity index (χ4v) is 3.30. The van der Waals surface area contributed by atoms with Gasteiger partial charge in [-0.1, -0.05) is 72.3 Å². The van der Waals surface area contributed by atoms with Crippen molar-refractivity contribution in [1.82, 2.24) is 4.98 Å². The van der Waals surface area contributed by atoms with Crippen LogP contribution in [0.5, 0.6) is 0 Å². The number of nitrogens with one attached hydrogen (secondary N) is 1. The van der Waals surface area contributed by atoms with Crippen LogP contribution in [0.25, 0.3) is 22.2 Å². The summed E-state index contributed by atoms with van der Waals surface area (Å²) in [5.41, 5.74) is 4.53. The standard InChI is InChI=1S/C22H16ClNO/c23-17-11-12-18-20(14-17)24-21(16-9-5-2-6-10-16)19(22(18)25)13-15-7-3-1-4-8-15/h1-12,14H,13H2,(H,24,25). The van der Waals surface area contributed by atoms with Gasteiger partial charge in [-0.05, 0) is 29.3 Å². The molecule has 1 N–H and O–H groups in total. The molecule has 0 amide bonds. The van der Waals surface area contributed by atoms with Crippen LogP contribution in [0.4, 0.5) is 0 Å². The minimum atomic E-state index is 0.0492. The maximum atomic E-state index is 13.2. The van der Waals surface area contributed by atoms with E-state index in [0.717, 1.165) is 27.9 Å². The number of halogens is 1. The lowest BCUT2D eigenvalue weighted by molar-refractivity contribution is 1.15. The van der Waals surface area contributed by atoms with E-state index in [1.54, 1.807) is 18.2 Å². The van der Waals surface area contributed by atoms with Gasteiger partial charge in [0.15, 0.2) is 5.43 Å². The molecule has 1 aromatic heterocycles. The third kappa shape index (κ3) is 3.09. The molecule has 0 atom stereocenters. The van der Waals surface area contributed by atoms with Crippen molar-refractivity contribution in [3.63, 3.8) is 0 Å². The van der Waals surface area contributed by atoms with E-state index in [1.807, 2.05) is 60.7 Å². The molecule has 25 heavy (non-hydrogen) atoms. The zero-order valence-electron chi connectivity index (χ0n) is 13.5. The summed E-state index contributed by atoms with van der Waals surface area (Å²) < 4.78 is 0. The Labute approximate surface area is 150 Å². The predicted octanol–water partition coefficient (Wildman–Crippen LogP) is 5.44. The van der Waals surface area contributed by atoms with Gasteiger partial charge in [-0.15, -0.1) is 0 Å². The van der Waals surface area contributed by atoms with Gasteiger partial charge < -0.3 is 4.98 Å². The molecule has 0 aliphatic carbocycles. The van der Waals surface area contributed by atoms with E-state index in [2.05, 4.69) is 4.98 Å². The van der Waals surface area contributed by atoms with Crippen molar-refractivity contribution < 1.29 is 0 Å². The van der Waals surface area contributed by atoms with Gasteiger partial charge in [0.25, 0.3) is 0 Å². The molecule has 1 heterocycles. The lowest BCUT2D eigenvalue weighted by Gasteiger charge is -2.12. The predicted molar refractivity (Wildman–Crippen MR) is 104 cm³/mol. The molecule has 0 aliphatic heterocycles. The van der Waals surface area contributed by atoms with E-state index in [1.165, 1.54) is 0 Å². The Hall–Kier alpha value is -2.84. The molecular weight excluding hydrogens is 330 g/mol. The Kier molecular flexibility index (Phi) is 4.12. The van der Waals surface area contributed by atoms with Gasteiger partial charge in [-0.25, -0.2) is 0 Å². The first-order chi connectivity index (χ1) is 12.2. The molecular formula is C22H16ClNO. The normalized spacial score (nSPS) is 10.9. The number of benzene rings is 3. The Morgan fingerprint density at radius 1 is 0.840 bits per heavy atom. The van der Waals surface area contributed by atoms with Gasteiger partial charge >= 0.3 is 0 Å². The molecule has 0 aliphatic rings. The number of H-pyrrole nitrogens is 1. The van der Waals surface area contributed by atoms with Gasteiger partial charge in [0.05, 0.1) is 11.2 Å². The third-order valence-corrected chi connectivity index (χ3v) is 4.58. The Balaban J connectivity index is 1.99.